The maximum atomic E-state index is 13.0. The monoisotopic (exact) mass is 467 g/mol. The molecule has 0 fully saturated rings. The highest BCUT2D eigenvalue weighted by molar-refractivity contribution is 8.01. The average Bonchev–Trinajstić information content (AvgIpc) is 3.59. The molecule has 0 bridgehead atoms. The first-order chi connectivity index (χ1) is 15.3. The predicted molar refractivity (Wildman–Crippen MR) is 124 cm³/mol. The molecule has 1 aromatic carbocycles. The minimum atomic E-state index is -0.232. The summed E-state index contributed by atoms with van der Waals surface area (Å²) in [5.74, 6) is 0.864. The van der Waals surface area contributed by atoms with E-state index in [-0.39, 0.29) is 17.7 Å². The number of hydrazone groups is 1. The van der Waals surface area contributed by atoms with Crippen LogP contribution in [0.25, 0.3) is 0 Å². The van der Waals surface area contributed by atoms with E-state index < -0.39 is 0 Å². The van der Waals surface area contributed by atoms with Crippen molar-refractivity contribution >= 4 is 56.9 Å². The first kappa shape index (κ1) is 20.0. The average molecular weight is 468 g/mol. The van der Waals surface area contributed by atoms with E-state index in [1.54, 1.807) is 22.6 Å². The van der Waals surface area contributed by atoms with Crippen molar-refractivity contribution in [2.24, 2.45) is 5.10 Å². The second kappa shape index (κ2) is 9.04. The van der Waals surface area contributed by atoms with Crippen LogP contribution < -0.4 is 5.32 Å². The predicted octanol–water partition coefficient (Wildman–Crippen LogP) is 5.41. The summed E-state index contributed by atoms with van der Waals surface area (Å²) < 4.78 is 6.31. The number of hydrogen-bond acceptors (Lipinski definition) is 9. The first-order valence-electron chi connectivity index (χ1n) is 9.51. The molecule has 1 amide bonds. The number of para-hydroxylation sites is 1. The molecule has 0 saturated heterocycles. The Morgan fingerprint density at radius 3 is 2.84 bits per heavy atom. The number of thioether (sulfide) groups is 1. The molecule has 5 rings (SSSR count). The van der Waals surface area contributed by atoms with Crippen molar-refractivity contribution in [3.05, 3.63) is 76.9 Å². The number of aromatic nitrogens is 2. The van der Waals surface area contributed by atoms with E-state index in [1.165, 1.54) is 23.1 Å². The van der Waals surface area contributed by atoms with Gasteiger partial charge in [0, 0.05) is 12.1 Å². The molecule has 156 valence electrons. The highest BCUT2D eigenvalue weighted by atomic mass is 32.2. The lowest BCUT2D eigenvalue weighted by atomic mass is 10.1. The van der Waals surface area contributed by atoms with Crippen molar-refractivity contribution in [1.82, 2.24) is 15.2 Å². The number of carbonyl (C=O) groups is 1. The quantitative estimate of drug-likeness (QED) is 0.366. The fourth-order valence-electron chi connectivity index (χ4n) is 3.19. The van der Waals surface area contributed by atoms with Gasteiger partial charge in [-0.15, -0.1) is 21.5 Å². The largest absolute Gasteiger partial charge is 0.467 e. The molecule has 1 aliphatic rings. The topological polar surface area (TPSA) is 83.6 Å². The van der Waals surface area contributed by atoms with Crippen LogP contribution in [0.3, 0.4) is 0 Å². The fourth-order valence-corrected chi connectivity index (χ4v) is 5.53. The molecule has 1 atom stereocenters. The van der Waals surface area contributed by atoms with Crippen LogP contribution in [0.15, 0.2) is 80.1 Å². The van der Waals surface area contributed by atoms with Crippen molar-refractivity contribution in [3.8, 4) is 0 Å². The van der Waals surface area contributed by atoms with Gasteiger partial charge in [0.15, 0.2) is 4.34 Å². The fraction of sp³-hybridized carbons (Fsp3) is 0.143. The maximum absolute atomic E-state index is 13.0. The molecule has 0 saturated carbocycles. The summed E-state index contributed by atoms with van der Waals surface area (Å²) >= 11 is 4.40. The van der Waals surface area contributed by atoms with Crippen LogP contribution in [-0.4, -0.2) is 32.6 Å². The van der Waals surface area contributed by atoms with E-state index in [9.17, 15) is 4.79 Å². The third kappa shape index (κ3) is 4.55. The van der Waals surface area contributed by atoms with E-state index in [2.05, 4.69) is 20.6 Å². The molecule has 1 aliphatic heterocycles. The summed E-state index contributed by atoms with van der Waals surface area (Å²) in [5.41, 5.74) is 1.85. The van der Waals surface area contributed by atoms with Crippen molar-refractivity contribution in [2.45, 2.75) is 16.8 Å². The van der Waals surface area contributed by atoms with Crippen LogP contribution in [0, 0.1) is 0 Å². The van der Waals surface area contributed by atoms with E-state index in [0.29, 0.717) is 11.6 Å². The van der Waals surface area contributed by atoms with Crippen LogP contribution >= 0.6 is 34.4 Å². The van der Waals surface area contributed by atoms with Gasteiger partial charge < -0.3 is 9.73 Å². The number of nitrogens with one attached hydrogen (secondary N) is 1. The minimum Gasteiger partial charge on any atom is -0.467 e. The lowest BCUT2D eigenvalue weighted by Crippen LogP contribution is -2.28. The normalized spacial score (nSPS) is 15.8. The number of benzene rings is 1. The van der Waals surface area contributed by atoms with Gasteiger partial charge in [0.25, 0.3) is 5.91 Å². The molecule has 31 heavy (non-hydrogen) atoms. The van der Waals surface area contributed by atoms with Crippen LogP contribution in [-0.2, 0) is 4.79 Å². The van der Waals surface area contributed by atoms with Crippen molar-refractivity contribution < 1.29 is 9.21 Å². The molecule has 0 aliphatic carbocycles. The molecule has 4 heterocycles. The third-order valence-electron chi connectivity index (χ3n) is 4.59. The number of hydrogen-bond donors (Lipinski definition) is 1. The third-order valence-corrected chi connectivity index (χ3v) is 7.47. The standard InChI is InChI=1S/C21H17N5O2S3/c27-19(13-30-21-24-23-20(31-21)22-14-6-2-1-3-7-14)26-16(17-8-4-10-28-17)12-15(25-26)18-9-5-11-29-18/h1-11,16H,12-13H2,(H,22,23)/t16-/m0/s1. The Kier molecular flexibility index (Phi) is 5.83. The number of amides is 1. The van der Waals surface area contributed by atoms with Crippen LogP contribution in [0.5, 0.6) is 0 Å². The summed E-state index contributed by atoms with van der Waals surface area (Å²) in [7, 11) is 0. The Balaban J connectivity index is 1.26. The van der Waals surface area contributed by atoms with Crippen LogP contribution in [0.4, 0.5) is 10.8 Å². The minimum absolute atomic E-state index is 0.0919. The van der Waals surface area contributed by atoms with Gasteiger partial charge in [0.2, 0.25) is 5.13 Å². The van der Waals surface area contributed by atoms with Gasteiger partial charge >= 0.3 is 0 Å². The SMILES string of the molecule is O=C(CSc1nnc(Nc2ccccc2)s1)N1N=C(c2cccs2)C[C@H]1c1ccco1. The van der Waals surface area contributed by atoms with E-state index in [0.717, 1.165) is 26.4 Å². The molecule has 0 spiro atoms. The smallest absolute Gasteiger partial charge is 0.253 e. The highest BCUT2D eigenvalue weighted by Crippen LogP contribution is 2.35. The lowest BCUT2D eigenvalue weighted by Gasteiger charge is -2.19. The van der Waals surface area contributed by atoms with Gasteiger partial charge in [-0.3, -0.25) is 4.79 Å². The molecular formula is C21H17N5O2S3. The zero-order chi connectivity index (χ0) is 21.0. The zero-order valence-corrected chi connectivity index (χ0v) is 18.6. The van der Waals surface area contributed by atoms with E-state index >= 15 is 0 Å². The number of anilines is 2. The highest BCUT2D eigenvalue weighted by Gasteiger charge is 2.35. The van der Waals surface area contributed by atoms with Gasteiger partial charge in [0.1, 0.15) is 11.8 Å². The second-order valence-electron chi connectivity index (χ2n) is 6.65. The summed E-state index contributed by atoms with van der Waals surface area (Å²) in [6.07, 6.45) is 2.26. The van der Waals surface area contributed by atoms with Gasteiger partial charge in [0.05, 0.1) is 22.6 Å². The molecule has 0 radical (unpaired) electrons. The molecule has 4 aromatic rings. The van der Waals surface area contributed by atoms with Crippen molar-refractivity contribution in [1.29, 1.82) is 0 Å². The van der Waals surface area contributed by atoms with Crippen LogP contribution in [0.2, 0.25) is 0 Å². The second-order valence-corrected chi connectivity index (χ2v) is 9.80. The Labute approximate surface area is 190 Å². The van der Waals surface area contributed by atoms with Gasteiger partial charge in [-0.2, -0.15) is 5.10 Å². The summed E-state index contributed by atoms with van der Waals surface area (Å²) in [6, 6.07) is 17.3. The van der Waals surface area contributed by atoms with Crippen molar-refractivity contribution in [3.63, 3.8) is 0 Å². The number of furan rings is 1. The zero-order valence-electron chi connectivity index (χ0n) is 16.2. The lowest BCUT2D eigenvalue weighted by molar-refractivity contribution is -0.130. The maximum Gasteiger partial charge on any atom is 0.253 e. The Morgan fingerprint density at radius 1 is 1.16 bits per heavy atom. The molecule has 0 unspecified atom stereocenters. The summed E-state index contributed by atoms with van der Waals surface area (Å²) in [5, 5.41) is 20.4. The summed E-state index contributed by atoms with van der Waals surface area (Å²) in [4.78, 5) is 14.1. The van der Waals surface area contributed by atoms with E-state index in [1.807, 2.05) is 60.0 Å². The van der Waals surface area contributed by atoms with Gasteiger partial charge in [-0.1, -0.05) is 47.4 Å². The Hall–Kier alpha value is -2.95. The molecular weight excluding hydrogens is 450 g/mol. The Morgan fingerprint density at radius 2 is 2.06 bits per heavy atom. The number of carbonyl (C=O) groups excluding carboxylic acids is 1. The molecule has 10 heteroatoms. The number of nitrogens with zero attached hydrogens (tertiary/aromatic N) is 4. The first-order valence-corrected chi connectivity index (χ1v) is 12.2. The van der Waals surface area contributed by atoms with E-state index in [4.69, 9.17) is 4.42 Å². The molecule has 7 nitrogen and oxygen atoms in total. The van der Waals surface area contributed by atoms with Crippen molar-refractivity contribution in [2.75, 3.05) is 11.1 Å². The van der Waals surface area contributed by atoms with Gasteiger partial charge in [-0.05, 0) is 35.7 Å². The molecule has 1 N–H and O–H groups in total. The van der Waals surface area contributed by atoms with Crippen LogP contribution in [0.1, 0.15) is 23.1 Å². The molecule has 3 aromatic heterocycles. The number of thiophene rings is 1. The summed E-state index contributed by atoms with van der Waals surface area (Å²) in [6.45, 7) is 0. The number of rotatable bonds is 7. The van der Waals surface area contributed by atoms with Gasteiger partial charge in [-0.25, -0.2) is 5.01 Å². The Bertz CT molecular complexity index is 1170.